The number of rotatable bonds is 5. The molecule has 2 aromatic rings. The average Bonchev–Trinajstić information content (AvgIpc) is 2.51. The van der Waals surface area contributed by atoms with Gasteiger partial charge in [-0.2, -0.15) is 0 Å². The molecular weight excluding hydrogens is 467 g/mol. The standard InChI is InChI=1S/C15H11Br2ClN2O4/c1-8(24-14-5-2-9(16)6-11(14)17)15(21)19-13-4-3-10(20(22)23)7-12(13)18/h2-8H,1H3,(H,19,21). The maximum Gasteiger partial charge on any atom is 0.271 e. The Labute approximate surface area is 159 Å². The molecule has 0 aliphatic carbocycles. The monoisotopic (exact) mass is 476 g/mol. The summed E-state index contributed by atoms with van der Waals surface area (Å²) < 4.78 is 7.18. The van der Waals surface area contributed by atoms with E-state index in [0.29, 0.717) is 10.2 Å². The van der Waals surface area contributed by atoms with Crippen molar-refractivity contribution in [1.82, 2.24) is 0 Å². The first-order valence-corrected chi connectivity index (χ1v) is 8.61. The smallest absolute Gasteiger partial charge is 0.271 e. The van der Waals surface area contributed by atoms with Crippen molar-refractivity contribution < 1.29 is 14.5 Å². The van der Waals surface area contributed by atoms with Crippen molar-refractivity contribution in [3.63, 3.8) is 0 Å². The minimum atomic E-state index is -0.797. The van der Waals surface area contributed by atoms with Crippen molar-refractivity contribution in [1.29, 1.82) is 0 Å². The number of carbonyl (C=O) groups excluding carboxylic acids is 1. The van der Waals surface area contributed by atoms with Crippen LogP contribution < -0.4 is 10.1 Å². The lowest BCUT2D eigenvalue weighted by molar-refractivity contribution is -0.384. The Morgan fingerprint density at radius 3 is 2.58 bits per heavy atom. The molecule has 0 heterocycles. The van der Waals surface area contributed by atoms with Gasteiger partial charge >= 0.3 is 0 Å². The number of ether oxygens (including phenoxy) is 1. The molecule has 0 aliphatic rings. The molecule has 0 fully saturated rings. The number of halogens is 3. The lowest BCUT2D eigenvalue weighted by Gasteiger charge is -2.16. The van der Waals surface area contributed by atoms with Crippen LogP contribution in [0.2, 0.25) is 5.02 Å². The quantitative estimate of drug-likeness (QED) is 0.474. The second-order valence-corrected chi connectivity index (χ2v) is 6.92. The third kappa shape index (κ3) is 4.68. The molecule has 1 atom stereocenters. The molecule has 0 spiro atoms. The molecule has 24 heavy (non-hydrogen) atoms. The van der Waals surface area contributed by atoms with E-state index >= 15 is 0 Å². The van der Waals surface area contributed by atoms with Gasteiger partial charge in [0, 0.05) is 16.6 Å². The minimum absolute atomic E-state index is 0.0783. The number of amides is 1. The highest BCUT2D eigenvalue weighted by Crippen LogP contribution is 2.30. The van der Waals surface area contributed by atoms with Crippen LogP contribution >= 0.6 is 43.5 Å². The first-order valence-electron chi connectivity index (χ1n) is 6.64. The van der Waals surface area contributed by atoms with Gasteiger partial charge in [0.15, 0.2) is 6.10 Å². The molecule has 2 rings (SSSR count). The second kappa shape index (κ2) is 7.96. The van der Waals surface area contributed by atoms with E-state index in [2.05, 4.69) is 37.2 Å². The van der Waals surface area contributed by atoms with E-state index in [1.165, 1.54) is 18.2 Å². The van der Waals surface area contributed by atoms with E-state index in [-0.39, 0.29) is 16.4 Å². The normalized spacial score (nSPS) is 11.7. The highest BCUT2D eigenvalue weighted by Gasteiger charge is 2.18. The van der Waals surface area contributed by atoms with Crippen LogP contribution in [0.15, 0.2) is 45.3 Å². The Morgan fingerprint density at radius 2 is 2.00 bits per heavy atom. The summed E-state index contributed by atoms with van der Waals surface area (Å²) in [6, 6.07) is 9.12. The zero-order valence-electron chi connectivity index (χ0n) is 12.3. The fraction of sp³-hybridized carbons (Fsp3) is 0.133. The summed E-state index contributed by atoms with van der Waals surface area (Å²) >= 11 is 12.6. The third-order valence-electron chi connectivity index (χ3n) is 2.99. The van der Waals surface area contributed by atoms with Crippen molar-refractivity contribution in [3.05, 3.63) is 60.5 Å². The molecule has 2 aromatic carbocycles. The van der Waals surface area contributed by atoms with Crippen LogP contribution in [0.25, 0.3) is 0 Å². The second-order valence-electron chi connectivity index (χ2n) is 4.75. The summed E-state index contributed by atoms with van der Waals surface area (Å²) in [5.41, 5.74) is 0.124. The van der Waals surface area contributed by atoms with E-state index in [1.807, 2.05) is 0 Å². The molecule has 0 aromatic heterocycles. The van der Waals surface area contributed by atoms with Gasteiger partial charge < -0.3 is 10.1 Å². The summed E-state index contributed by atoms with van der Waals surface area (Å²) in [6.07, 6.45) is -0.797. The molecule has 1 N–H and O–H groups in total. The highest BCUT2D eigenvalue weighted by atomic mass is 79.9. The predicted octanol–water partition coefficient (Wildman–Crippen LogP) is 5.18. The molecule has 1 unspecified atom stereocenters. The van der Waals surface area contributed by atoms with Crippen LogP contribution in [0.5, 0.6) is 5.75 Å². The van der Waals surface area contributed by atoms with Gasteiger partial charge in [0.2, 0.25) is 0 Å². The van der Waals surface area contributed by atoms with Gasteiger partial charge in [0.1, 0.15) is 5.75 Å². The van der Waals surface area contributed by atoms with Gasteiger partial charge in [-0.15, -0.1) is 0 Å². The Hall–Kier alpha value is -1.64. The predicted molar refractivity (Wildman–Crippen MR) is 98.7 cm³/mol. The number of hydrogen-bond acceptors (Lipinski definition) is 4. The Kier molecular flexibility index (Phi) is 6.20. The lowest BCUT2D eigenvalue weighted by atomic mass is 10.2. The minimum Gasteiger partial charge on any atom is -0.480 e. The number of nitrogens with zero attached hydrogens (tertiary/aromatic N) is 1. The number of benzene rings is 2. The number of anilines is 1. The van der Waals surface area contributed by atoms with Crippen LogP contribution in [0.1, 0.15) is 6.92 Å². The third-order valence-corrected chi connectivity index (χ3v) is 4.41. The lowest BCUT2D eigenvalue weighted by Crippen LogP contribution is -2.30. The van der Waals surface area contributed by atoms with Crippen LogP contribution in [-0.2, 0) is 4.79 Å². The van der Waals surface area contributed by atoms with E-state index in [9.17, 15) is 14.9 Å². The summed E-state index contributed by atoms with van der Waals surface area (Å²) in [4.78, 5) is 22.3. The molecule has 1 amide bonds. The number of nitro benzene ring substituents is 1. The van der Waals surface area contributed by atoms with E-state index in [0.717, 1.165) is 4.47 Å². The largest absolute Gasteiger partial charge is 0.480 e. The van der Waals surface area contributed by atoms with Gasteiger partial charge in [-0.1, -0.05) is 27.5 Å². The van der Waals surface area contributed by atoms with Gasteiger partial charge in [-0.3, -0.25) is 14.9 Å². The SMILES string of the molecule is CC(Oc1ccc(Br)cc1Br)C(=O)Nc1ccc([N+](=O)[O-])cc1Cl. The molecule has 0 bridgehead atoms. The molecular formula is C15H11Br2ClN2O4. The maximum absolute atomic E-state index is 12.2. The summed E-state index contributed by atoms with van der Waals surface area (Å²) in [7, 11) is 0. The van der Waals surface area contributed by atoms with E-state index in [4.69, 9.17) is 16.3 Å². The molecule has 0 radical (unpaired) electrons. The molecule has 126 valence electrons. The van der Waals surface area contributed by atoms with Crippen molar-refractivity contribution in [2.24, 2.45) is 0 Å². The summed E-state index contributed by atoms with van der Waals surface area (Å²) in [6.45, 7) is 1.59. The first-order chi connectivity index (χ1) is 11.3. The average molecular weight is 479 g/mol. The highest BCUT2D eigenvalue weighted by molar-refractivity contribution is 9.11. The Morgan fingerprint density at radius 1 is 1.29 bits per heavy atom. The van der Waals surface area contributed by atoms with E-state index in [1.54, 1.807) is 25.1 Å². The van der Waals surface area contributed by atoms with Crippen molar-refractivity contribution in [2.75, 3.05) is 5.32 Å². The number of nitro groups is 1. The van der Waals surface area contributed by atoms with Crippen molar-refractivity contribution >= 4 is 60.7 Å². The summed E-state index contributed by atoms with van der Waals surface area (Å²) in [5, 5.41) is 13.3. The molecule has 0 saturated heterocycles. The van der Waals surface area contributed by atoms with Gasteiger partial charge in [-0.05, 0) is 47.1 Å². The first kappa shape index (κ1) is 18.7. The van der Waals surface area contributed by atoms with Crippen LogP contribution in [0.4, 0.5) is 11.4 Å². The molecule has 6 nitrogen and oxygen atoms in total. The zero-order chi connectivity index (χ0) is 17.9. The van der Waals surface area contributed by atoms with Gasteiger partial charge in [-0.25, -0.2) is 0 Å². The fourth-order valence-electron chi connectivity index (χ4n) is 1.77. The Bertz CT molecular complexity index is 801. The van der Waals surface area contributed by atoms with Crippen molar-refractivity contribution in [2.45, 2.75) is 13.0 Å². The molecule has 0 saturated carbocycles. The van der Waals surface area contributed by atoms with Crippen LogP contribution in [0.3, 0.4) is 0 Å². The number of non-ortho nitro benzene ring substituents is 1. The van der Waals surface area contributed by atoms with Crippen LogP contribution in [0, 0.1) is 10.1 Å². The van der Waals surface area contributed by atoms with E-state index < -0.39 is 16.9 Å². The number of nitrogens with one attached hydrogen (secondary N) is 1. The number of carbonyl (C=O) groups is 1. The number of hydrogen-bond donors (Lipinski definition) is 1. The Balaban J connectivity index is 2.07. The molecule has 9 heteroatoms. The zero-order valence-corrected chi connectivity index (χ0v) is 16.2. The van der Waals surface area contributed by atoms with Crippen LogP contribution in [-0.4, -0.2) is 16.9 Å². The van der Waals surface area contributed by atoms with Gasteiger partial charge in [0.25, 0.3) is 11.6 Å². The topological polar surface area (TPSA) is 81.5 Å². The van der Waals surface area contributed by atoms with Gasteiger partial charge in [0.05, 0.1) is 20.1 Å². The van der Waals surface area contributed by atoms with Crippen molar-refractivity contribution in [3.8, 4) is 5.75 Å². The fourth-order valence-corrected chi connectivity index (χ4v) is 3.13. The maximum atomic E-state index is 12.2. The molecule has 0 aliphatic heterocycles. The summed E-state index contributed by atoms with van der Waals surface area (Å²) in [5.74, 6) is 0.0798.